The van der Waals surface area contributed by atoms with E-state index in [2.05, 4.69) is 31.8 Å². The molecular formula is C22H24O3. The first kappa shape index (κ1) is 16.4. The third kappa shape index (κ3) is 2.60. The van der Waals surface area contributed by atoms with Crippen LogP contribution in [0.3, 0.4) is 0 Å². The first-order valence-corrected chi connectivity index (χ1v) is 9.18. The number of benzene rings is 1. The van der Waals surface area contributed by atoms with E-state index in [1.54, 1.807) is 0 Å². The Bertz CT molecular complexity index is 821. The maximum absolute atomic E-state index is 12.0. The van der Waals surface area contributed by atoms with Gasteiger partial charge in [-0.25, -0.2) is 4.79 Å². The zero-order chi connectivity index (χ0) is 17.7. The van der Waals surface area contributed by atoms with E-state index in [9.17, 15) is 4.79 Å². The van der Waals surface area contributed by atoms with Crippen molar-refractivity contribution in [1.29, 1.82) is 0 Å². The summed E-state index contributed by atoms with van der Waals surface area (Å²) in [5.74, 6) is 6.54. The summed E-state index contributed by atoms with van der Waals surface area (Å²) in [4.78, 5) is 12.0. The van der Waals surface area contributed by atoms with E-state index in [1.165, 1.54) is 6.42 Å². The van der Waals surface area contributed by atoms with Crippen LogP contribution in [0.4, 0.5) is 0 Å². The minimum Gasteiger partial charge on any atom is -0.462 e. The molecule has 0 N–H and O–H groups in total. The van der Waals surface area contributed by atoms with Crippen LogP contribution in [0.1, 0.15) is 56.7 Å². The predicted molar refractivity (Wildman–Crippen MR) is 96.9 cm³/mol. The van der Waals surface area contributed by atoms with Crippen LogP contribution < -0.4 is 0 Å². The molecule has 1 heterocycles. The Kier molecular flexibility index (Phi) is 3.77. The summed E-state index contributed by atoms with van der Waals surface area (Å²) in [6, 6.07) is 6.08. The Morgan fingerprint density at radius 1 is 1.40 bits per heavy atom. The predicted octanol–water partition coefficient (Wildman–Crippen LogP) is 3.89. The summed E-state index contributed by atoms with van der Waals surface area (Å²) in [5.41, 5.74) is 3.62. The molecule has 25 heavy (non-hydrogen) atoms. The van der Waals surface area contributed by atoms with Gasteiger partial charge in [0, 0.05) is 11.0 Å². The Labute approximate surface area is 149 Å². The van der Waals surface area contributed by atoms with Gasteiger partial charge in [-0.15, -0.1) is 0 Å². The van der Waals surface area contributed by atoms with Gasteiger partial charge in [-0.3, -0.25) is 0 Å². The number of epoxide rings is 1. The summed E-state index contributed by atoms with van der Waals surface area (Å²) in [7, 11) is 0. The fourth-order valence-corrected chi connectivity index (χ4v) is 4.23. The molecule has 2 atom stereocenters. The quantitative estimate of drug-likeness (QED) is 0.467. The maximum atomic E-state index is 12.0. The number of rotatable bonds is 2. The molecule has 1 saturated heterocycles. The van der Waals surface area contributed by atoms with Crippen LogP contribution >= 0.6 is 0 Å². The molecule has 4 rings (SSSR count). The van der Waals surface area contributed by atoms with Gasteiger partial charge in [0.2, 0.25) is 0 Å². The zero-order valence-electron chi connectivity index (χ0n) is 15.1. The lowest BCUT2D eigenvalue weighted by Gasteiger charge is -2.32. The summed E-state index contributed by atoms with van der Waals surface area (Å²) in [6.07, 6.45) is 6.51. The van der Waals surface area contributed by atoms with Crippen molar-refractivity contribution in [2.24, 2.45) is 5.41 Å². The monoisotopic (exact) mass is 336 g/mol. The molecule has 3 aliphatic rings. The Morgan fingerprint density at radius 3 is 3.00 bits per heavy atom. The number of esters is 1. The third-order valence-electron chi connectivity index (χ3n) is 5.81. The highest BCUT2D eigenvalue weighted by molar-refractivity contribution is 6.18. The van der Waals surface area contributed by atoms with E-state index in [1.807, 2.05) is 25.1 Å². The van der Waals surface area contributed by atoms with E-state index >= 15 is 0 Å². The summed E-state index contributed by atoms with van der Waals surface area (Å²) >= 11 is 0. The topological polar surface area (TPSA) is 38.8 Å². The molecule has 0 aromatic heterocycles. The summed E-state index contributed by atoms with van der Waals surface area (Å²) in [5, 5.41) is 0. The second kappa shape index (κ2) is 5.75. The van der Waals surface area contributed by atoms with Crippen molar-refractivity contribution in [3.8, 4) is 11.8 Å². The maximum Gasteiger partial charge on any atom is 0.338 e. The van der Waals surface area contributed by atoms with Gasteiger partial charge in [-0.1, -0.05) is 44.3 Å². The van der Waals surface area contributed by atoms with Crippen LogP contribution in [0.5, 0.6) is 0 Å². The fraction of sp³-hybridized carbons (Fsp3) is 0.500. The van der Waals surface area contributed by atoms with Crippen LogP contribution in [0.2, 0.25) is 0 Å². The van der Waals surface area contributed by atoms with E-state index in [4.69, 9.17) is 9.47 Å². The fourth-order valence-electron chi connectivity index (χ4n) is 4.23. The average Bonchev–Trinajstić information content (AvgIpc) is 3.16. The van der Waals surface area contributed by atoms with Crippen molar-refractivity contribution in [3.63, 3.8) is 0 Å². The molecule has 1 aromatic carbocycles. The second-order valence-electron chi connectivity index (χ2n) is 7.78. The lowest BCUT2D eigenvalue weighted by Crippen LogP contribution is -2.37. The number of carbonyl (C=O) groups is 1. The first-order valence-electron chi connectivity index (χ1n) is 9.18. The van der Waals surface area contributed by atoms with Gasteiger partial charge in [-0.2, -0.15) is 0 Å². The lowest BCUT2D eigenvalue weighted by molar-refractivity contribution is -0.136. The van der Waals surface area contributed by atoms with E-state index in [0.717, 1.165) is 36.0 Å². The smallest absolute Gasteiger partial charge is 0.338 e. The van der Waals surface area contributed by atoms with Crippen LogP contribution in [-0.2, 0) is 20.7 Å². The molecule has 2 unspecified atom stereocenters. The van der Waals surface area contributed by atoms with Gasteiger partial charge in [0.25, 0.3) is 0 Å². The minimum atomic E-state index is -0.265. The van der Waals surface area contributed by atoms with Gasteiger partial charge in [-0.05, 0) is 49.4 Å². The van der Waals surface area contributed by atoms with E-state index < -0.39 is 0 Å². The van der Waals surface area contributed by atoms with Crippen molar-refractivity contribution in [1.82, 2.24) is 0 Å². The molecular weight excluding hydrogens is 312 g/mol. The van der Waals surface area contributed by atoms with Gasteiger partial charge in [0.05, 0.1) is 12.2 Å². The molecule has 2 aliphatic carbocycles. The Morgan fingerprint density at radius 2 is 2.24 bits per heavy atom. The normalized spacial score (nSPS) is 28.1. The highest BCUT2D eigenvalue weighted by Crippen LogP contribution is 2.57. The Hall–Kier alpha value is -2.05. The number of ether oxygens (including phenoxy) is 2. The number of allylic oxidation sites excluding steroid dienone is 1. The molecule has 130 valence electrons. The van der Waals surface area contributed by atoms with Gasteiger partial charge < -0.3 is 9.47 Å². The van der Waals surface area contributed by atoms with Crippen molar-refractivity contribution in [2.45, 2.75) is 58.2 Å². The molecule has 1 saturated carbocycles. The van der Waals surface area contributed by atoms with E-state index in [-0.39, 0.29) is 17.0 Å². The van der Waals surface area contributed by atoms with Crippen molar-refractivity contribution >= 4 is 11.5 Å². The molecule has 0 bridgehead atoms. The van der Waals surface area contributed by atoms with Crippen LogP contribution in [0, 0.1) is 17.3 Å². The zero-order valence-corrected chi connectivity index (χ0v) is 15.1. The van der Waals surface area contributed by atoms with Crippen LogP contribution in [0.25, 0.3) is 5.57 Å². The first-order chi connectivity index (χ1) is 12.0. The second-order valence-corrected chi connectivity index (χ2v) is 7.78. The number of fused-ring (bicyclic) bond motifs is 2. The average molecular weight is 336 g/mol. The highest BCUT2D eigenvalue weighted by Gasteiger charge is 2.66. The van der Waals surface area contributed by atoms with Crippen LogP contribution in [0.15, 0.2) is 24.3 Å². The summed E-state index contributed by atoms with van der Waals surface area (Å²) < 4.78 is 11.2. The van der Waals surface area contributed by atoms with Crippen LogP contribution in [-0.4, -0.2) is 24.3 Å². The van der Waals surface area contributed by atoms with Gasteiger partial charge in [0.1, 0.15) is 6.10 Å². The number of hydrogen-bond donors (Lipinski definition) is 0. The molecule has 1 aromatic rings. The molecule has 1 aliphatic heterocycles. The Balaban J connectivity index is 1.57. The molecule has 3 heteroatoms. The van der Waals surface area contributed by atoms with Gasteiger partial charge in [0.15, 0.2) is 5.60 Å². The molecule has 0 amide bonds. The summed E-state index contributed by atoms with van der Waals surface area (Å²) in [6.45, 7) is 6.75. The largest absolute Gasteiger partial charge is 0.462 e. The lowest BCUT2D eigenvalue weighted by atomic mass is 9.69. The standard InChI is InChI=1S/C22H24O3/c1-4-24-20(23)18-10-8-16-14-15(7-9-17(16)18)11-13-22-19(25-22)6-5-12-21(22,2)3/h7,9-10,14,19H,4-6,8,12H2,1-3H3. The minimum absolute atomic E-state index is 0.109. The van der Waals surface area contributed by atoms with Crippen molar-refractivity contribution in [3.05, 3.63) is 41.0 Å². The molecule has 2 fully saturated rings. The SMILES string of the molecule is CCOC(=O)C1=CCc2cc(C#CC34OC3CCCC4(C)C)ccc21. The molecule has 3 nitrogen and oxygen atoms in total. The number of hydrogen-bond acceptors (Lipinski definition) is 3. The highest BCUT2D eigenvalue weighted by atomic mass is 16.6. The molecule has 0 spiro atoms. The third-order valence-corrected chi connectivity index (χ3v) is 5.81. The van der Waals surface area contributed by atoms with Crippen molar-refractivity contribution < 1.29 is 14.3 Å². The van der Waals surface area contributed by atoms with Gasteiger partial charge >= 0.3 is 5.97 Å². The molecule has 0 radical (unpaired) electrons. The van der Waals surface area contributed by atoms with E-state index in [0.29, 0.717) is 18.3 Å². The number of carbonyl (C=O) groups excluding carboxylic acids is 1. The van der Waals surface area contributed by atoms with Crippen molar-refractivity contribution in [2.75, 3.05) is 6.61 Å².